The second kappa shape index (κ2) is 5.42. The van der Waals surface area contributed by atoms with Crippen molar-refractivity contribution in [1.82, 2.24) is 0 Å². The van der Waals surface area contributed by atoms with Gasteiger partial charge in [-0.3, -0.25) is 0 Å². The molecule has 4 nitrogen and oxygen atoms in total. The number of benzene rings is 2. The van der Waals surface area contributed by atoms with Crippen LogP contribution < -0.4 is 11.1 Å². The second-order valence-corrected chi connectivity index (χ2v) is 4.05. The highest BCUT2D eigenvalue weighted by Crippen LogP contribution is 2.22. The van der Waals surface area contributed by atoms with Crippen LogP contribution in [-0.4, -0.2) is 10.2 Å². The molecule has 0 spiro atoms. The molecule has 0 amide bonds. The summed E-state index contributed by atoms with van der Waals surface area (Å²) in [5, 5.41) is 21.7. The molecular weight excluding hydrogens is 228 g/mol. The average Bonchev–Trinajstić information content (AvgIpc) is 2.38. The standard InChI is InChI=1S/C14H16N2O2/c15-13-4-2-1-3-10(13)8-16-12-6-5-11(9-17)14(18)7-12/h1-7,16-18H,8-9,15H2. The van der Waals surface area contributed by atoms with Crippen molar-refractivity contribution in [2.45, 2.75) is 13.2 Å². The lowest BCUT2D eigenvalue weighted by molar-refractivity contribution is 0.275. The molecule has 0 atom stereocenters. The van der Waals surface area contributed by atoms with Crippen LogP contribution in [0.2, 0.25) is 0 Å². The first-order valence-electron chi connectivity index (χ1n) is 5.70. The number of hydrogen-bond acceptors (Lipinski definition) is 4. The first-order valence-corrected chi connectivity index (χ1v) is 5.70. The molecule has 2 aromatic rings. The van der Waals surface area contributed by atoms with E-state index < -0.39 is 0 Å². The minimum atomic E-state index is -0.169. The van der Waals surface area contributed by atoms with Gasteiger partial charge in [0.1, 0.15) is 5.75 Å². The molecule has 18 heavy (non-hydrogen) atoms. The number of nitrogens with two attached hydrogens (primary N) is 1. The van der Waals surface area contributed by atoms with E-state index in [9.17, 15) is 5.11 Å². The molecule has 0 aliphatic heterocycles. The number of nitrogen functional groups attached to an aromatic ring is 1. The van der Waals surface area contributed by atoms with E-state index in [0.29, 0.717) is 12.1 Å². The van der Waals surface area contributed by atoms with Gasteiger partial charge in [0.15, 0.2) is 0 Å². The minimum Gasteiger partial charge on any atom is -0.508 e. The number of aromatic hydroxyl groups is 1. The van der Waals surface area contributed by atoms with E-state index in [1.165, 1.54) is 0 Å². The number of rotatable bonds is 4. The Bertz CT molecular complexity index is 541. The van der Waals surface area contributed by atoms with Crippen LogP contribution in [0.4, 0.5) is 11.4 Å². The summed E-state index contributed by atoms with van der Waals surface area (Å²) < 4.78 is 0. The molecule has 2 aromatic carbocycles. The van der Waals surface area contributed by atoms with Crippen molar-refractivity contribution in [3.05, 3.63) is 53.6 Å². The van der Waals surface area contributed by atoms with Gasteiger partial charge in [-0.05, 0) is 17.7 Å². The molecule has 2 rings (SSSR count). The van der Waals surface area contributed by atoms with Crippen LogP contribution >= 0.6 is 0 Å². The first-order chi connectivity index (χ1) is 8.70. The normalized spacial score (nSPS) is 10.3. The quantitative estimate of drug-likeness (QED) is 0.621. The van der Waals surface area contributed by atoms with Crippen molar-refractivity contribution in [2.24, 2.45) is 0 Å². The van der Waals surface area contributed by atoms with Gasteiger partial charge in [-0.15, -0.1) is 0 Å². The molecule has 5 N–H and O–H groups in total. The molecule has 0 unspecified atom stereocenters. The van der Waals surface area contributed by atoms with Crippen LogP contribution in [-0.2, 0) is 13.2 Å². The number of para-hydroxylation sites is 1. The van der Waals surface area contributed by atoms with Gasteiger partial charge in [0.05, 0.1) is 6.61 Å². The highest BCUT2D eigenvalue weighted by Gasteiger charge is 2.02. The van der Waals surface area contributed by atoms with Crippen LogP contribution in [0.25, 0.3) is 0 Å². The zero-order valence-electron chi connectivity index (χ0n) is 9.93. The molecule has 94 valence electrons. The van der Waals surface area contributed by atoms with Crippen LogP contribution in [0.1, 0.15) is 11.1 Å². The Hall–Kier alpha value is -2.20. The van der Waals surface area contributed by atoms with Crippen molar-refractivity contribution in [3.8, 4) is 5.75 Å². The van der Waals surface area contributed by atoms with E-state index in [0.717, 1.165) is 16.9 Å². The van der Waals surface area contributed by atoms with E-state index >= 15 is 0 Å². The van der Waals surface area contributed by atoms with E-state index in [1.807, 2.05) is 30.3 Å². The molecule has 0 aliphatic carbocycles. The Morgan fingerprint density at radius 2 is 1.83 bits per heavy atom. The number of anilines is 2. The van der Waals surface area contributed by atoms with Crippen molar-refractivity contribution < 1.29 is 10.2 Å². The summed E-state index contributed by atoms with van der Waals surface area (Å²) in [6.45, 7) is 0.419. The molecule has 0 aliphatic rings. The van der Waals surface area contributed by atoms with Crippen LogP contribution in [0.5, 0.6) is 5.75 Å². The Kier molecular flexibility index (Phi) is 3.69. The lowest BCUT2D eigenvalue weighted by atomic mass is 10.1. The summed E-state index contributed by atoms with van der Waals surface area (Å²) in [7, 11) is 0. The average molecular weight is 244 g/mol. The molecule has 0 radical (unpaired) electrons. The fourth-order valence-corrected chi connectivity index (χ4v) is 1.70. The highest BCUT2D eigenvalue weighted by atomic mass is 16.3. The van der Waals surface area contributed by atoms with Gasteiger partial charge in [-0.25, -0.2) is 0 Å². The summed E-state index contributed by atoms with van der Waals surface area (Å²) in [5.74, 6) is 0.0866. The smallest absolute Gasteiger partial charge is 0.123 e. The summed E-state index contributed by atoms with van der Waals surface area (Å²) in [6.07, 6.45) is 0. The Morgan fingerprint density at radius 1 is 1.06 bits per heavy atom. The lowest BCUT2D eigenvalue weighted by Crippen LogP contribution is -2.02. The molecule has 4 heteroatoms. The number of phenols is 1. The van der Waals surface area contributed by atoms with Gasteiger partial charge in [-0.1, -0.05) is 24.3 Å². The maximum Gasteiger partial charge on any atom is 0.123 e. The van der Waals surface area contributed by atoms with Crippen molar-refractivity contribution in [3.63, 3.8) is 0 Å². The van der Waals surface area contributed by atoms with Crippen LogP contribution in [0.3, 0.4) is 0 Å². The second-order valence-electron chi connectivity index (χ2n) is 4.05. The molecule has 0 fully saturated rings. The molecule has 0 saturated carbocycles. The zero-order chi connectivity index (χ0) is 13.0. The molecular formula is C14H16N2O2. The molecule has 0 heterocycles. The van der Waals surface area contributed by atoms with Crippen LogP contribution in [0, 0.1) is 0 Å². The van der Waals surface area contributed by atoms with Crippen molar-refractivity contribution in [2.75, 3.05) is 11.1 Å². The predicted molar refractivity (Wildman–Crippen MR) is 72.2 cm³/mol. The first kappa shape index (κ1) is 12.3. The monoisotopic (exact) mass is 244 g/mol. The third-order valence-electron chi connectivity index (χ3n) is 2.79. The van der Waals surface area contributed by atoms with E-state index in [2.05, 4.69) is 5.32 Å². The predicted octanol–water partition coefficient (Wildman–Crippen LogP) is 2.08. The van der Waals surface area contributed by atoms with Gasteiger partial charge < -0.3 is 21.3 Å². The maximum atomic E-state index is 9.62. The molecule has 0 saturated heterocycles. The summed E-state index contributed by atoms with van der Waals surface area (Å²) in [5.41, 5.74) is 8.88. The van der Waals surface area contributed by atoms with Crippen molar-refractivity contribution >= 4 is 11.4 Å². The van der Waals surface area contributed by atoms with Gasteiger partial charge >= 0.3 is 0 Å². The largest absolute Gasteiger partial charge is 0.508 e. The number of nitrogens with one attached hydrogen (secondary N) is 1. The molecule has 0 aromatic heterocycles. The Labute approximate surface area is 106 Å². The number of aliphatic hydroxyl groups excluding tert-OH is 1. The van der Waals surface area contributed by atoms with E-state index in [4.69, 9.17) is 10.8 Å². The fraction of sp³-hybridized carbons (Fsp3) is 0.143. The maximum absolute atomic E-state index is 9.62. The summed E-state index contributed by atoms with van der Waals surface area (Å²) in [4.78, 5) is 0. The van der Waals surface area contributed by atoms with Crippen molar-refractivity contribution in [1.29, 1.82) is 0 Å². The Balaban J connectivity index is 2.07. The SMILES string of the molecule is Nc1ccccc1CNc1ccc(CO)c(O)c1. The van der Waals surface area contributed by atoms with Gasteiger partial charge in [0, 0.05) is 29.5 Å². The number of hydrogen-bond donors (Lipinski definition) is 4. The van der Waals surface area contributed by atoms with Gasteiger partial charge in [0.2, 0.25) is 0 Å². The fourth-order valence-electron chi connectivity index (χ4n) is 1.70. The zero-order valence-corrected chi connectivity index (χ0v) is 9.93. The van der Waals surface area contributed by atoms with Gasteiger partial charge in [-0.2, -0.15) is 0 Å². The third kappa shape index (κ3) is 2.73. The summed E-state index contributed by atoms with van der Waals surface area (Å²) >= 11 is 0. The Morgan fingerprint density at radius 3 is 2.50 bits per heavy atom. The van der Waals surface area contributed by atoms with Gasteiger partial charge in [0.25, 0.3) is 0 Å². The third-order valence-corrected chi connectivity index (χ3v) is 2.79. The summed E-state index contributed by atoms with van der Waals surface area (Å²) in [6, 6.07) is 12.7. The highest BCUT2D eigenvalue weighted by molar-refractivity contribution is 5.53. The molecule has 0 bridgehead atoms. The number of aliphatic hydroxyl groups is 1. The topological polar surface area (TPSA) is 78.5 Å². The van der Waals surface area contributed by atoms with E-state index in [-0.39, 0.29) is 12.4 Å². The lowest BCUT2D eigenvalue weighted by Gasteiger charge is -2.10. The minimum absolute atomic E-state index is 0.0866. The van der Waals surface area contributed by atoms with Crippen LogP contribution in [0.15, 0.2) is 42.5 Å². The van der Waals surface area contributed by atoms with E-state index in [1.54, 1.807) is 12.1 Å².